The normalized spacial score (nSPS) is 10.2. The van der Waals surface area contributed by atoms with Gasteiger partial charge in [-0.3, -0.25) is 4.79 Å². The molecule has 0 unspecified atom stereocenters. The Labute approximate surface area is 111 Å². The van der Waals surface area contributed by atoms with Gasteiger partial charge < -0.3 is 16.4 Å². The Balaban J connectivity index is 2.93. The van der Waals surface area contributed by atoms with E-state index in [4.69, 9.17) is 11.5 Å². The van der Waals surface area contributed by atoms with Crippen LogP contribution in [0.25, 0.3) is 0 Å². The quantitative estimate of drug-likeness (QED) is 0.815. The lowest BCUT2D eigenvalue weighted by Crippen LogP contribution is -2.32. The number of nitrogens with two attached hydrogens (primary N) is 2. The lowest BCUT2D eigenvalue weighted by atomic mass is 10.1. The Hall–Kier alpha value is -0.590. The Bertz CT molecular complexity index is 409. The van der Waals surface area contributed by atoms with E-state index in [1.165, 1.54) is 0 Å². The maximum atomic E-state index is 11.3. The standard InChI is InChI=1S/C10H13Br2N3O/c1-15(9(16)4-13)5-6-2-7(11)3-8(12)10(6)14/h2-3H,4-5,13-14H2,1H3. The second-order valence-corrected chi connectivity index (χ2v) is 5.18. The third kappa shape index (κ3) is 3.20. The van der Waals surface area contributed by atoms with Crippen molar-refractivity contribution >= 4 is 43.5 Å². The predicted molar refractivity (Wildman–Crippen MR) is 71.8 cm³/mol. The van der Waals surface area contributed by atoms with Crippen molar-refractivity contribution in [3.63, 3.8) is 0 Å². The molecule has 1 amide bonds. The Morgan fingerprint density at radius 2 is 2.06 bits per heavy atom. The minimum absolute atomic E-state index is 0.00553. The summed E-state index contributed by atoms with van der Waals surface area (Å²) in [6, 6.07) is 3.75. The van der Waals surface area contributed by atoms with Crippen LogP contribution in [0.15, 0.2) is 21.1 Å². The van der Waals surface area contributed by atoms with Crippen LogP contribution in [0.5, 0.6) is 0 Å². The van der Waals surface area contributed by atoms with Crippen LogP contribution in [-0.4, -0.2) is 24.4 Å². The van der Waals surface area contributed by atoms with E-state index in [9.17, 15) is 4.79 Å². The van der Waals surface area contributed by atoms with E-state index in [0.29, 0.717) is 12.2 Å². The van der Waals surface area contributed by atoms with Gasteiger partial charge in [-0.15, -0.1) is 0 Å². The highest BCUT2D eigenvalue weighted by molar-refractivity contribution is 9.11. The first-order valence-electron chi connectivity index (χ1n) is 4.63. The van der Waals surface area contributed by atoms with Crippen LogP contribution in [0.1, 0.15) is 5.56 Å². The number of likely N-dealkylation sites (N-methyl/N-ethyl adjacent to an activating group) is 1. The molecule has 88 valence electrons. The van der Waals surface area contributed by atoms with E-state index in [1.54, 1.807) is 11.9 Å². The number of hydrogen-bond donors (Lipinski definition) is 2. The van der Waals surface area contributed by atoms with Crippen LogP contribution in [0, 0.1) is 0 Å². The molecule has 1 aromatic rings. The summed E-state index contributed by atoms with van der Waals surface area (Å²) in [4.78, 5) is 12.9. The molecule has 0 bridgehead atoms. The summed E-state index contributed by atoms with van der Waals surface area (Å²) in [6.07, 6.45) is 0. The third-order valence-electron chi connectivity index (χ3n) is 2.19. The van der Waals surface area contributed by atoms with Gasteiger partial charge in [0.25, 0.3) is 0 Å². The molecule has 0 aliphatic heterocycles. The van der Waals surface area contributed by atoms with Crippen molar-refractivity contribution < 1.29 is 4.79 Å². The third-order valence-corrected chi connectivity index (χ3v) is 3.30. The number of carbonyl (C=O) groups excluding carboxylic acids is 1. The van der Waals surface area contributed by atoms with Crippen LogP contribution in [0.3, 0.4) is 0 Å². The largest absolute Gasteiger partial charge is 0.398 e. The van der Waals surface area contributed by atoms with E-state index in [0.717, 1.165) is 14.5 Å². The maximum Gasteiger partial charge on any atom is 0.236 e. The zero-order valence-corrected chi connectivity index (χ0v) is 12.0. The summed E-state index contributed by atoms with van der Waals surface area (Å²) in [5.41, 5.74) is 12.7. The zero-order valence-electron chi connectivity index (χ0n) is 8.84. The van der Waals surface area contributed by atoms with E-state index in [2.05, 4.69) is 31.9 Å². The number of nitrogen functional groups attached to an aromatic ring is 1. The first-order chi connectivity index (χ1) is 7.45. The Morgan fingerprint density at radius 3 is 2.62 bits per heavy atom. The highest BCUT2D eigenvalue weighted by Crippen LogP contribution is 2.28. The summed E-state index contributed by atoms with van der Waals surface area (Å²) in [6.45, 7) is 0.450. The van der Waals surface area contributed by atoms with Crippen molar-refractivity contribution in [3.05, 3.63) is 26.6 Å². The summed E-state index contributed by atoms with van der Waals surface area (Å²) in [7, 11) is 1.70. The molecule has 0 saturated carbocycles. The number of rotatable bonds is 3. The zero-order chi connectivity index (χ0) is 12.3. The lowest BCUT2D eigenvalue weighted by molar-refractivity contribution is -0.128. The van der Waals surface area contributed by atoms with Crippen LogP contribution >= 0.6 is 31.9 Å². The molecule has 4 nitrogen and oxygen atoms in total. The number of nitrogens with zero attached hydrogens (tertiary/aromatic N) is 1. The van der Waals surface area contributed by atoms with Gasteiger partial charge >= 0.3 is 0 Å². The average Bonchev–Trinajstić information content (AvgIpc) is 2.23. The van der Waals surface area contributed by atoms with Crippen molar-refractivity contribution in [1.29, 1.82) is 0 Å². The monoisotopic (exact) mass is 349 g/mol. The number of amides is 1. The molecule has 16 heavy (non-hydrogen) atoms. The first kappa shape index (κ1) is 13.5. The molecule has 0 aliphatic rings. The minimum atomic E-state index is -0.115. The van der Waals surface area contributed by atoms with Gasteiger partial charge in [-0.25, -0.2) is 0 Å². The van der Waals surface area contributed by atoms with Crippen LogP contribution < -0.4 is 11.5 Å². The molecule has 0 fully saturated rings. The number of carbonyl (C=O) groups is 1. The molecule has 1 rings (SSSR count). The molecule has 0 aliphatic carbocycles. The van der Waals surface area contributed by atoms with Gasteiger partial charge in [0, 0.05) is 22.5 Å². The number of halogens is 2. The molecular weight excluding hydrogens is 338 g/mol. The van der Waals surface area contributed by atoms with Crippen molar-refractivity contribution in [2.45, 2.75) is 6.54 Å². The van der Waals surface area contributed by atoms with Crippen molar-refractivity contribution in [1.82, 2.24) is 4.90 Å². The van der Waals surface area contributed by atoms with Crippen LogP contribution in [0.4, 0.5) is 5.69 Å². The Kier molecular flexibility index (Phi) is 4.76. The number of anilines is 1. The van der Waals surface area contributed by atoms with Crippen molar-refractivity contribution in [2.75, 3.05) is 19.3 Å². The fourth-order valence-corrected chi connectivity index (χ4v) is 2.58. The molecule has 4 N–H and O–H groups in total. The summed E-state index contributed by atoms with van der Waals surface area (Å²) >= 11 is 6.74. The fraction of sp³-hybridized carbons (Fsp3) is 0.300. The molecule has 0 heterocycles. The van der Waals surface area contributed by atoms with Gasteiger partial charge in [-0.2, -0.15) is 0 Å². The highest BCUT2D eigenvalue weighted by Gasteiger charge is 2.11. The molecule has 0 atom stereocenters. The second kappa shape index (κ2) is 5.65. The van der Waals surface area contributed by atoms with Gasteiger partial charge in [0.15, 0.2) is 0 Å². The van der Waals surface area contributed by atoms with E-state index in [1.807, 2.05) is 12.1 Å². The Morgan fingerprint density at radius 1 is 1.44 bits per heavy atom. The summed E-state index contributed by atoms with van der Waals surface area (Å²) in [5.74, 6) is -0.115. The van der Waals surface area contributed by atoms with Gasteiger partial charge in [-0.05, 0) is 33.6 Å². The van der Waals surface area contributed by atoms with Gasteiger partial charge in [0.05, 0.1) is 12.2 Å². The highest BCUT2D eigenvalue weighted by atomic mass is 79.9. The van der Waals surface area contributed by atoms with E-state index in [-0.39, 0.29) is 12.5 Å². The lowest BCUT2D eigenvalue weighted by Gasteiger charge is -2.18. The number of benzene rings is 1. The average molecular weight is 351 g/mol. The van der Waals surface area contributed by atoms with E-state index >= 15 is 0 Å². The topological polar surface area (TPSA) is 72.3 Å². The van der Waals surface area contributed by atoms with E-state index < -0.39 is 0 Å². The summed E-state index contributed by atoms with van der Waals surface area (Å²) < 4.78 is 1.72. The van der Waals surface area contributed by atoms with Gasteiger partial charge in [-0.1, -0.05) is 15.9 Å². The second-order valence-electron chi connectivity index (χ2n) is 3.41. The van der Waals surface area contributed by atoms with Crippen LogP contribution in [-0.2, 0) is 11.3 Å². The first-order valence-corrected chi connectivity index (χ1v) is 6.21. The van der Waals surface area contributed by atoms with Gasteiger partial charge in [0.2, 0.25) is 5.91 Å². The molecule has 6 heteroatoms. The predicted octanol–water partition coefficient (Wildman–Crippen LogP) is 1.71. The minimum Gasteiger partial charge on any atom is -0.398 e. The molecular formula is C10H13Br2N3O. The van der Waals surface area contributed by atoms with Crippen LogP contribution in [0.2, 0.25) is 0 Å². The van der Waals surface area contributed by atoms with Gasteiger partial charge in [0.1, 0.15) is 0 Å². The smallest absolute Gasteiger partial charge is 0.236 e. The molecule has 0 saturated heterocycles. The molecule has 1 aromatic carbocycles. The van der Waals surface area contributed by atoms with Crippen molar-refractivity contribution in [2.24, 2.45) is 5.73 Å². The fourth-order valence-electron chi connectivity index (χ4n) is 1.27. The molecule has 0 radical (unpaired) electrons. The maximum absolute atomic E-state index is 11.3. The summed E-state index contributed by atoms with van der Waals surface area (Å²) in [5, 5.41) is 0. The van der Waals surface area contributed by atoms with Crippen molar-refractivity contribution in [3.8, 4) is 0 Å². The SMILES string of the molecule is CN(Cc1cc(Br)cc(Br)c1N)C(=O)CN. The molecule has 0 spiro atoms. The molecule has 0 aromatic heterocycles. The number of hydrogen-bond acceptors (Lipinski definition) is 3.